The van der Waals surface area contributed by atoms with Crippen molar-refractivity contribution in [2.75, 3.05) is 13.2 Å². The van der Waals surface area contributed by atoms with Crippen LogP contribution in [0.4, 0.5) is 0 Å². The molecule has 5 nitrogen and oxygen atoms in total. The van der Waals surface area contributed by atoms with Gasteiger partial charge < -0.3 is 5.11 Å². The fourth-order valence-corrected chi connectivity index (χ4v) is 4.59. The average Bonchev–Trinajstić information content (AvgIpc) is 2.82. The first-order valence-corrected chi connectivity index (χ1v) is 8.82. The van der Waals surface area contributed by atoms with Crippen LogP contribution in [0.2, 0.25) is 0 Å². The monoisotopic (exact) mass is 304 g/mol. The van der Waals surface area contributed by atoms with Crippen LogP contribution in [-0.2, 0) is 16.8 Å². The molecule has 0 aliphatic carbocycles. The molecule has 7 heteroatoms. The predicted octanol–water partition coefficient (Wildman–Crippen LogP) is 1.24. The molecular formula is C12H20N2O3S2. The first-order valence-electron chi connectivity index (χ1n) is 6.43. The maximum absolute atomic E-state index is 12.3. The van der Waals surface area contributed by atoms with Gasteiger partial charge in [0.05, 0.1) is 6.61 Å². The van der Waals surface area contributed by atoms with E-state index in [0.29, 0.717) is 13.1 Å². The Morgan fingerprint density at radius 3 is 2.89 bits per heavy atom. The van der Waals surface area contributed by atoms with E-state index in [1.165, 1.54) is 4.31 Å². The van der Waals surface area contributed by atoms with E-state index in [2.05, 4.69) is 4.72 Å². The zero-order chi connectivity index (χ0) is 13.9. The van der Waals surface area contributed by atoms with Crippen molar-refractivity contribution < 1.29 is 13.5 Å². The SMILES string of the molecule is Cc1cscc1CNS(=O)(=O)N1CCCCC1CO. The van der Waals surface area contributed by atoms with Crippen molar-refractivity contribution in [2.24, 2.45) is 0 Å². The Balaban J connectivity index is 2.03. The number of hydrogen-bond acceptors (Lipinski definition) is 4. The zero-order valence-corrected chi connectivity index (χ0v) is 12.6. The lowest BCUT2D eigenvalue weighted by Gasteiger charge is -2.33. The number of rotatable bonds is 5. The first-order chi connectivity index (χ1) is 9.04. The van der Waals surface area contributed by atoms with Crippen LogP contribution in [0.5, 0.6) is 0 Å². The molecule has 1 fully saturated rings. The van der Waals surface area contributed by atoms with Crippen LogP contribution in [0.15, 0.2) is 10.8 Å². The Bertz CT molecular complexity index is 513. The van der Waals surface area contributed by atoms with Gasteiger partial charge in [-0.3, -0.25) is 0 Å². The standard InChI is InChI=1S/C12H20N2O3S2/c1-10-8-18-9-11(10)6-13-19(16,17)14-5-3-2-4-12(14)7-15/h8-9,12-13,15H,2-7H2,1H3. The van der Waals surface area contributed by atoms with Crippen LogP contribution in [-0.4, -0.2) is 37.0 Å². The lowest BCUT2D eigenvalue weighted by Crippen LogP contribution is -2.50. The van der Waals surface area contributed by atoms with Crippen LogP contribution in [0, 0.1) is 6.92 Å². The molecule has 0 saturated carbocycles. The molecule has 19 heavy (non-hydrogen) atoms. The Kier molecular flexibility index (Phi) is 4.97. The molecule has 2 rings (SSSR count). The third-order valence-electron chi connectivity index (χ3n) is 3.50. The molecule has 1 saturated heterocycles. The smallest absolute Gasteiger partial charge is 0.280 e. The lowest BCUT2D eigenvalue weighted by atomic mass is 10.1. The van der Waals surface area contributed by atoms with E-state index in [0.717, 1.165) is 30.4 Å². The van der Waals surface area contributed by atoms with Crippen LogP contribution in [0.25, 0.3) is 0 Å². The van der Waals surface area contributed by atoms with Gasteiger partial charge in [-0.05, 0) is 41.7 Å². The number of nitrogens with one attached hydrogen (secondary N) is 1. The van der Waals surface area contributed by atoms with Crippen LogP contribution in [0.1, 0.15) is 30.4 Å². The third-order valence-corrected chi connectivity index (χ3v) is 6.02. The molecule has 0 spiro atoms. The largest absolute Gasteiger partial charge is 0.395 e. The second-order valence-corrected chi connectivity index (χ2v) is 7.30. The Hall–Kier alpha value is -0.470. The Labute approximate surface area is 118 Å². The highest BCUT2D eigenvalue weighted by atomic mass is 32.2. The molecule has 0 aromatic carbocycles. The second kappa shape index (κ2) is 6.32. The Morgan fingerprint density at radius 1 is 1.47 bits per heavy atom. The molecule has 0 bridgehead atoms. The molecule has 0 amide bonds. The molecule has 1 atom stereocenters. The van der Waals surface area contributed by atoms with E-state index in [4.69, 9.17) is 0 Å². The van der Waals surface area contributed by atoms with Gasteiger partial charge in [0.15, 0.2) is 0 Å². The van der Waals surface area contributed by atoms with Gasteiger partial charge in [-0.15, -0.1) is 0 Å². The summed E-state index contributed by atoms with van der Waals surface area (Å²) in [5.74, 6) is 0. The molecule has 1 aliphatic rings. The number of hydrogen-bond donors (Lipinski definition) is 2. The highest BCUT2D eigenvalue weighted by Gasteiger charge is 2.31. The van der Waals surface area contributed by atoms with Gasteiger partial charge >= 0.3 is 0 Å². The summed E-state index contributed by atoms with van der Waals surface area (Å²) in [6.07, 6.45) is 2.56. The molecule has 2 heterocycles. The Morgan fingerprint density at radius 2 is 2.26 bits per heavy atom. The normalized spacial score (nSPS) is 21.7. The van der Waals surface area contributed by atoms with Crippen molar-refractivity contribution in [3.05, 3.63) is 21.9 Å². The first kappa shape index (κ1) is 14.9. The minimum Gasteiger partial charge on any atom is -0.395 e. The number of thiophene rings is 1. The number of aliphatic hydroxyl groups is 1. The summed E-state index contributed by atoms with van der Waals surface area (Å²) in [4.78, 5) is 0. The lowest BCUT2D eigenvalue weighted by molar-refractivity contribution is 0.154. The number of piperidine rings is 1. The van der Waals surface area contributed by atoms with Crippen molar-refractivity contribution >= 4 is 21.5 Å². The molecule has 1 unspecified atom stereocenters. The maximum atomic E-state index is 12.3. The third kappa shape index (κ3) is 3.55. The molecule has 1 aromatic heterocycles. The van der Waals surface area contributed by atoms with Gasteiger partial charge in [-0.25, -0.2) is 0 Å². The van der Waals surface area contributed by atoms with Crippen LogP contribution < -0.4 is 4.72 Å². The van der Waals surface area contributed by atoms with Crippen molar-refractivity contribution in [1.29, 1.82) is 0 Å². The highest BCUT2D eigenvalue weighted by molar-refractivity contribution is 7.87. The minimum absolute atomic E-state index is 0.113. The summed E-state index contributed by atoms with van der Waals surface area (Å²) in [6, 6.07) is -0.283. The maximum Gasteiger partial charge on any atom is 0.280 e. The predicted molar refractivity (Wildman–Crippen MR) is 76.2 cm³/mol. The minimum atomic E-state index is -3.51. The van der Waals surface area contributed by atoms with Crippen molar-refractivity contribution in [1.82, 2.24) is 9.03 Å². The fourth-order valence-electron chi connectivity index (χ4n) is 2.29. The summed E-state index contributed by atoms with van der Waals surface area (Å²) in [7, 11) is -3.51. The molecular weight excluding hydrogens is 284 g/mol. The molecule has 108 valence electrons. The number of aliphatic hydroxyl groups excluding tert-OH is 1. The number of aryl methyl sites for hydroxylation is 1. The van der Waals surface area contributed by atoms with Gasteiger partial charge in [0.2, 0.25) is 0 Å². The van der Waals surface area contributed by atoms with Gasteiger partial charge in [-0.1, -0.05) is 6.42 Å². The van der Waals surface area contributed by atoms with Gasteiger partial charge in [0.25, 0.3) is 10.2 Å². The summed E-state index contributed by atoms with van der Waals surface area (Å²) < 4.78 is 28.6. The summed E-state index contributed by atoms with van der Waals surface area (Å²) in [5, 5.41) is 13.2. The summed E-state index contributed by atoms with van der Waals surface area (Å²) in [6.45, 7) is 2.66. The number of nitrogens with zero attached hydrogens (tertiary/aromatic N) is 1. The van der Waals surface area contributed by atoms with Crippen LogP contribution >= 0.6 is 11.3 Å². The van der Waals surface area contributed by atoms with Crippen LogP contribution in [0.3, 0.4) is 0 Å². The summed E-state index contributed by atoms with van der Waals surface area (Å²) >= 11 is 1.57. The van der Waals surface area contributed by atoms with E-state index in [1.54, 1.807) is 11.3 Å². The molecule has 0 radical (unpaired) electrons. The quantitative estimate of drug-likeness (QED) is 0.860. The average molecular weight is 304 g/mol. The van der Waals surface area contributed by atoms with Crippen molar-refractivity contribution in [3.63, 3.8) is 0 Å². The highest BCUT2D eigenvalue weighted by Crippen LogP contribution is 2.20. The zero-order valence-electron chi connectivity index (χ0n) is 11.0. The van der Waals surface area contributed by atoms with Gasteiger partial charge in [-0.2, -0.15) is 28.8 Å². The molecule has 1 aromatic rings. The molecule has 2 N–H and O–H groups in total. The van der Waals surface area contributed by atoms with Gasteiger partial charge in [0.1, 0.15) is 0 Å². The topological polar surface area (TPSA) is 69.6 Å². The van der Waals surface area contributed by atoms with Crippen molar-refractivity contribution in [2.45, 2.75) is 38.8 Å². The molecule has 1 aliphatic heterocycles. The van der Waals surface area contributed by atoms with E-state index < -0.39 is 10.2 Å². The second-order valence-electron chi connectivity index (χ2n) is 4.85. The van der Waals surface area contributed by atoms with Gasteiger partial charge in [0, 0.05) is 19.1 Å². The fraction of sp³-hybridized carbons (Fsp3) is 0.667. The van der Waals surface area contributed by atoms with E-state index in [9.17, 15) is 13.5 Å². The van der Waals surface area contributed by atoms with E-state index in [-0.39, 0.29) is 12.6 Å². The van der Waals surface area contributed by atoms with E-state index >= 15 is 0 Å². The summed E-state index contributed by atoms with van der Waals surface area (Å²) in [5.41, 5.74) is 2.11. The van der Waals surface area contributed by atoms with E-state index in [1.807, 2.05) is 17.7 Å². The van der Waals surface area contributed by atoms with Crippen molar-refractivity contribution in [3.8, 4) is 0 Å².